The van der Waals surface area contributed by atoms with Gasteiger partial charge in [-0.3, -0.25) is 9.59 Å². The zero-order valence-corrected chi connectivity index (χ0v) is 27.2. The number of nitroso groups, excluding NO2 is 1. The van der Waals surface area contributed by atoms with Crippen LogP contribution in [-0.2, 0) is 16.0 Å². The number of benzene rings is 2. The number of ether oxygens (including phenoxy) is 1. The fourth-order valence-corrected chi connectivity index (χ4v) is 7.53. The van der Waals surface area contributed by atoms with E-state index >= 15 is 0 Å². The molecule has 8 nitrogen and oxygen atoms in total. The number of halogens is 2. The number of rotatable bonds is 8. The summed E-state index contributed by atoms with van der Waals surface area (Å²) in [5.41, 5.74) is 1.90. The smallest absolute Gasteiger partial charge is 0.348 e. The van der Waals surface area contributed by atoms with Gasteiger partial charge in [0.1, 0.15) is 16.5 Å². The molecule has 2 aliphatic rings. The monoisotopic (exact) mass is 655 g/mol. The Balaban J connectivity index is 1.47. The standard InChI is InChI=1S/C33H35Cl2N3O5S/c1-33(2,3)43-32(41)27-16-19(18-44-27)14-15-36-30(39)28-21-8-4-5-9-22(21)31(40)38(26-11-7-6-10-25(26)37-42)29(28)23-13-12-20(34)17-24(23)35/h4-5,8-9,12-13,16-18,25-26,28-29H,6-7,10-11,14-15H2,1-3H3,(H,36,39)/t25-,26-,28+,29-/m0/s1. The largest absolute Gasteiger partial charge is 0.456 e. The molecule has 1 aliphatic carbocycles. The third kappa shape index (κ3) is 6.85. The number of esters is 1. The number of amides is 2. The van der Waals surface area contributed by atoms with Crippen LogP contribution < -0.4 is 5.32 Å². The first-order valence-corrected chi connectivity index (χ1v) is 16.4. The lowest BCUT2D eigenvalue weighted by molar-refractivity contribution is -0.124. The summed E-state index contributed by atoms with van der Waals surface area (Å²) < 4.78 is 5.47. The molecule has 44 heavy (non-hydrogen) atoms. The molecule has 1 fully saturated rings. The van der Waals surface area contributed by atoms with Gasteiger partial charge >= 0.3 is 5.97 Å². The topological polar surface area (TPSA) is 105 Å². The van der Waals surface area contributed by atoms with Crippen molar-refractivity contribution in [3.05, 3.63) is 96.0 Å². The average Bonchev–Trinajstić information content (AvgIpc) is 3.46. The zero-order chi connectivity index (χ0) is 31.6. The third-order valence-corrected chi connectivity index (χ3v) is 9.61. The maximum atomic E-state index is 14.2. The average molecular weight is 657 g/mol. The molecule has 5 rings (SSSR count). The summed E-state index contributed by atoms with van der Waals surface area (Å²) >= 11 is 14.3. The predicted octanol–water partition coefficient (Wildman–Crippen LogP) is 7.73. The Labute approximate surface area is 271 Å². The molecular formula is C33H35Cl2N3O5S. The summed E-state index contributed by atoms with van der Waals surface area (Å²) in [5.74, 6) is -1.72. The minimum absolute atomic E-state index is 0.255. The Bertz CT molecular complexity index is 1570. The number of thiophene rings is 1. The van der Waals surface area contributed by atoms with Crippen LogP contribution >= 0.6 is 34.5 Å². The van der Waals surface area contributed by atoms with Crippen LogP contribution in [0.25, 0.3) is 0 Å². The summed E-state index contributed by atoms with van der Waals surface area (Å²) in [6, 6.07) is 12.1. The van der Waals surface area contributed by atoms with Crippen molar-refractivity contribution < 1.29 is 19.1 Å². The van der Waals surface area contributed by atoms with E-state index in [-0.39, 0.29) is 17.8 Å². The highest BCUT2D eigenvalue weighted by Gasteiger charge is 2.49. The van der Waals surface area contributed by atoms with Gasteiger partial charge in [-0.15, -0.1) is 11.3 Å². The summed E-state index contributed by atoms with van der Waals surface area (Å²) in [6.07, 6.45) is 3.35. The number of carbonyl (C=O) groups excluding carboxylic acids is 3. The highest BCUT2D eigenvalue weighted by molar-refractivity contribution is 7.12. The van der Waals surface area contributed by atoms with Crippen LogP contribution in [0.4, 0.5) is 0 Å². The summed E-state index contributed by atoms with van der Waals surface area (Å²) in [4.78, 5) is 55.0. The van der Waals surface area contributed by atoms with Crippen LogP contribution in [0.1, 0.15) is 95.1 Å². The second kappa shape index (κ2) is 13.4. The number of hydrogen-bond donors (Lipinski definition) is 1. The molecule has 0 saturated heterocycles. The van der Waals surface area contributed by atoms with Gasteiger partial charge in [-0.1, -0.05) is 65.5 Å². The van der Waals surface area contributed by atoms with E-state index in [2.05, 4.69) is 10.5 Å². The Morgan fingerprint density at radius 1 is 1.07 bits per heavy atom. The van der Waals surface area contributed by atoms with Gasteiger partial charge in [0.25, 0.3) is 5.91 Å². The lowest BCUT2D eigenvalue weighted by Crippen LogP contribution is -2.55. The van der Waals surface area contributed by atoms with E-state index in [1.807, 2.05) is 32.2 Å². The minimum atomic E-state index is -0.809. The Morgan fingerprint density at radius 2 is 1.82 bits per heavy atom. The zero-order valence-electron chi connectivity index (χ0n) is 24.8. The lowest BCUT2D eigenvalue weighted by atomic mass is 9.76. The second-order valence-corrected chi connectivity index (χ2v) is 14.0. The van der Waals surface area contributed by atoms with E-state index in [4.69, 9.17) is 27.9 Å². The molecule has 2 amide bonds. The molecule has 1 aliphatic heterocycles. The molecule has 1 saturated carbocycles. The molecule has 1 N–H and O–H groups in total. The van der Waals surface area contributed by atoms with Crippen LogP contribution in [0.15, 0.2) is 59.1 Å². The first-order valence-electron chi connectivity index (χ1n) is 14.8. The quantitative estimate of drug-likeness (QED) is 0.197. The molecule has 3 aromatic rings. The number of hydrogen-bond acceptors (Lipinski definition) is 7. The van der Waals surface area contributed by atoms with Gasteiger partial charge in [0.05, 0.1) is 18.0 Å². The van der Waals surface area contributed by atoms with Crippen molar-refractivity contribution in [1.82, 2.24) is 10.2 Å². The first-order chi connectivity index (χ1) is 21.0. The van der Waals surface area contributed by atoms with Crippen LogP contribution in [0.2, 0.25) is 10.0 Å². The van der Waals surface area contributed by atoms with Gasteiger partial charge in [0.15, 0.2) is 0 Å². The van der Waals surface area contributed by atoms with Gasteiger partial charge in [-0.25, -0.2) is 4.79 Å². The Morgan fingerprint density at radius 3 is 2.55 bits per heavy atom. The molecule has 0 bridgehead atoms. The van der Waals surface area contributed by atoms with Crippen molar-refractivity contribution in [3.8, 4) is 0 Å². The maximum absolute atomic E-state index is 14.2. The molecule has 1 aromatic heterocycles. The van der Waals surface area contributed by atoms with Gasteiger partial charge < -0.3 is 15.0 Å². The van der Waals surface area contributed by atoms with Crippen LogP contribution in [0.5, 0.6) is 0 Å². The van der Waals surface area contributed by atoms with Crippen molar-refractivity contribution in [2.75, 3.05) is 6.54 Å². The molecule has 232 valence electrons. The molecule has 0 radical (unpaired) electrons. The van der Waals surface area contributed by atoms with Gasteiger partial charge in [-0.2, -0.15) is 4.91 Å². The summed E-state index contributed by atoms with van der Waals surface area (Å²) in [7, 11) is 0. The van der Waals surface area contributed by atoms with Gasteiger partial charge in [-0.05, 0) is 86.4 Å². The normalized spacial score (nSPS) is 21.8. The molecule has 11 heteroatoms. The number of nitrogens with zero attached hydrogens (tertiary/aromatic N) is 2. The highest BCUT2D eigenvalue weighted by atomic mass is 35.5. The number of carbonyl (C=O) groups is 3. The molecule has 2 aromatic carbocycles. The lowest BCUT2D eigenvalue weighted by Gasteiger charge is -2.48. The van der Waals surface area contributed by atoms with Crippen molar-refractivity contribution >= 4 is 52.3 Å². The van der Waals surface area contributed by atoms with E-state index in [9.17, 15) is 19.3 Å². The van der Waals surface area contributed by atoms with Crippen LogP contribution in [0.3, 0.4) is 0 Å². The molecule has 0 spiro atoms. The fourth-order valence-electron chi connectivity index (χ4n) is 6.19. The maximum Gasteiger partial charge on any atom is 0.348 e. The van der Waals surface area contributed by atoms with Crippen molar-refractivity contribution in [2.24, 2.45) is 5.18 Å². The van der Waals surface area contributed by atoms with E-state index in [0.29, 0.717) is 57.4 Å². The van der Waals surface area contributed by atoms with E-state index in [0.717, 1.165) is 18.4 Å². The van der Waals surface area contributed by atoms with Crippen LogP contribution in [0, 0.1) is 4.91 Å². The molecule has 0 unspecified atom stereocenters. The van der Waals surface area contributed by atoms with E-state index < -0.39 is 29.6 Å². The van der Waals surface area contributed by atoms with Crippen LogP contribution in [-0.4, -0.2) is 46.9 Å². The minimum Gasteiger partial charge on any atom is -0.456 e. The second-order valence-electron chi connectivity index (χ2n) is 12.3. The highest BCUT2D eigenvalue weighted by Crippen LogP contribution is 2.48. The Hall–Kier alpha value is -3.27. The SMILES string of the molecule is CC(C)(C)OC(=O)c1cc(CCNC(=O)[C@@H]2c3ccccc3C(=O)N([C@H]3CCCC[C@@H]3N=O)[C@H]2c2ccc(Cl)cc2Cl)cs1. The summed E-state index contributed by atoms with van der Waals surface area (Å²) in [5, 5.41) is 9.13. The van der Waals surface area contributed by atoms with E-state index in [1.54, 1.807) is 47.4 Å². The van der Waals surface area contributed by atoms with Gasteiger partial charge in [0, 0.05) is 22.2 Å². The Kier molecular flexibility index (Phi) is 9.77. The van der Waals surface area contributed by atoms with Crippen molar-refractivity contribution in [3.63, 3.8) is 0 Å². The summed E-state index contributed by atoms with van der Waals surface area (Å²) in [6.45, 7) is 5.77. The number of nitrogens with one attached hydrogen (secondary N) is 1. The first kappa shape index (κ1) is 32.1. The number of fused-ring (bicyclic) bond motifs is 1. The third-order valence-electron chi connectivity index (χ3n) is 8.09. The fraction of sp³-hybridized carbons (Fsp3) is 0.424. The molecule has 4 atom stereocenters. The van der Waals surface area contributed by atoms with Crippen molar-refractivity contribution in [2.45, 2.75) is 82.5 Å². The molecular weight excluding hydrogens is 621 g/mol. The molecule has 2 heterocycles. The van der Waals surface area contributed by atoms with Gasteiger partial charge in [0.2, 0.25) is 5.91 Å². The van der Waals surface area contributed by atoms with E-state index in [1.165, 1.54) is 11.3 Å². The predicted molar refractivity (Wildman–Crippen MR) is 173 cm³/mol. The van der Waals surface area contributed by atoms with Crippen molar-refractivity contribution in [1.29, 1.82) is 0 Å².